The number of ether oxygens (including phenoxy) is 5. The van der Waals surface area contributed by atoms with E-state index < -0.39 is 80.6 Å². The number of hydrogen-bond acceptors (Lipinski definition) is 14. The van der Waals surface area contributed by atoms with Gasteiger partial charge in [-0.15, -0.1) is 0 Å². The summed E-state index contributed by atoms with van der Waals surface area (Å²) in [4.78, 5) is 12.1. The molecule has 0 aromatic heterocycles. The molecule has 36 heavy (non-hydrogen) atoms. The molecule has 2 aliphatic rings. The molecule has 8 N–H and O–H groups in total. The molecule has 9 atom stereocenters. The Morgan fingerprint density at radius 3 is 2.42 bits per heavy atom. The highest BCUT2D eigenvalue weighted by molar-refractivity contribution is 5.87. The minimum absolute atomic E-state index is 0.0820. The van der Waals surface area contributed by atoms with Gasteiger partial charge >= 0.3 is 5.97 Å². The molecule has 0 unspecified atom stereocenters. The van der Waals surface area contributed by atoms with E-state index in [2.05, 4.69) is 0 Å². The number of phenolic OH excluding ortho intramolecular Hbond substituents is 1. The van der Waals surface area contributed by atoms with E-state index in [-0.39, 0.29) is 11.5 Å². The standard InChI is InChI=1S/C22H30O14/c1-32-12-6-10(2-4-11(12)25)3-5-15(26)33-8-14-17(28)20(31)22(9-24,35-14)36-21-19(30)18(29)16(27)13(7-23)34-21/h2-6,13-14,16-21,23-25,27-31H,7-9H2,1H3/t13-,14-,16+,17-,18+,19+,20-,21-,22+/m0/s1. The van der Waals surface area contributed by atoms with Gasteiger partial charge in [0.25, 0.3) is 0 Å². The Bertz CT molecular complexity index is 922. The first-order chi connectivity index (χ1) is 17.1. The molecule has 0 aliphatic carbocycles. The SMILES string of the molecule is COc1cc(C=CC(=O)OC[C@@H]2O[C@](CO)(O[C@@H]3O[C@@H](CO)[C@@H](O)[C@@H](O)[C@H]3O)[C@@H](O)[C@H]2O)ccc1O. The molecule has 202 valence electrons. The molecule has 0 spiro atoms. The third-order valence-electron chi connectivity index (χ3n) is 5.90. The quantitative estimate of drug-likeness (QED) is 0.118. The summed E-state index contributed by atoms with van der Waals surface area (Å²) in [5.41, 5.74) is 0.515. The monoisotopic (exact) mass is 518 g/mol. The van der Waals surface area contributed by atoms with Crippen LogP contribution in [0.1, 0.15) is 5.56 Å². The first-order valence-corrected chi connectivity index (χ1v) is 10.9. The maximum atomic E-state index is 12.1. The van der Waals surface area contributed by atoms with E-state index in [9.17, 15) is 45.6 Å². The van der Waals surface area contributed by atoms with Gasteiger partial charge in [-0.1, -0.05) is 6.07 Å². The number of aromatic hydroxyl groups is 1. The highest BCUT2D eigenvalue weighted by Gasteiger charge is 2.58. The number of aliphatic hydroxyl groups is 7. The average molecular weight is 518 g/mol. The Hall–Kier alpha value is -2.37. The van der Waals surface area contributed by atoms with Crippen LogP contribution in [0.5, 0.6) is 11.5 Å². The van der Waals surface area contributed by atoms with Gasteiger partial charge in [-0.05, 0) is 23.8 Å². The predicted octanol–water partition coefficient (Wildman–Crippen LogP) is -3.42. The maximum Gasteiger partial charge on any atom is 0.330 e. The van der Waals surface area contributed by atoms with Crippen LogP contribution in [0.2, 0.25) is 0 Å². The molecule has 2 saturated heterocycles. The van der Waals surface area contributed by atoms with E-state index in [0.29, 0.717) is 5.56 Å². The fourth-order valence-corrected chi connectivity index (χ4v) is 3.79. The lowest BCUT2D eigenvalue weighted by Gasteiger charge is -2.43. The van der Waals surface area contributed by atoms with Crippen LogP contribution < -0.4 is 4.74 Å². The van der Waals surface area contributed by atoms with Crippen LogP contribution in [0.4, 0.5) is 0 Å². The molecule has 1 aromatic carbocycles. The second kappa shape index (κ2) is 11.8. The summed E-state index contributed by atoms with van der Waals surface area (Å²) in [6.45, 7) is -2.36. The van der Waals surface area contributed by atoms with Crippen molar-refractivity contribution >= 4 is 12.0 Å². The van der Waals surface area contributed by atoms with E-state index in [1.807, 2.05) is 0 Å². The van der Waals surface area contributed by atoms with Crippen molar-refractivity contribution in [1.29, 1.82) is 0 Å². The number of benzene rings is 1. The molecular weight excluding hydrogens is 488 g/mol. The van der Waals surface area contributed by atoms with Crippen LogP contribution in [0.3, 0.4) is 0 Å². The highest BCUT2D eigenvalue weighted by Crippen LogP contribution is 2.36. The summed E-state index contributed by atoms with van der Waals surface area (Å²) in [6, 6.07) is 4.37. The summed E-state index contributed by atoms with van der Waals surface area (Å²) in [7, 11) is 1.37. The zero-order chi connectivity index (χ0) is 26.6. The maximum absolute atomic E-state index is 12.1. The zero-order valence-corrected chi connectivity index (χ0v) is 19.2. The van der Waals surface area contributed by atoms with Gasteiger partial charge in [-0.3, -0.25) is 0 Å². The van der Waals surface area contributed by atoms with Crippen molar-refractivity contribution in [3.05, 3.63) is 29.8 Å². The normalized spacial score (nSPS) is 36.8. The topological polar surface area (TPSA) is 225 Å². The highest BCUT2D eigenvalue weighted by atomic mass is 16.8. The number of aliphatic hydroxyl groups excluding tert-OH is 7. The molecule has 0 radical (unpaired) electrons. The Labute approximate surface area is 205 Å². The molecule has 0 saturated carbocycles. The summed E-state index contributed by atoms with van der Waals surface area (Å²) in [5.74, 6) is -3.09. The summed E-state index contributed by atoms with van der Waals surface area (Å²) in [6.07, 6.45) is -11.0. The third kappa shape index (κ3) is 5.78. The van der Waals surface area contributed by atoms with Gasteiger partial charge in [0.15, 0.2) is 17.8 Å². The molecule has 0 amide bonds. The Morgan fingerprint density at radius 1 is 1.06 bits per heavy atom. The van der Waals surface area contributed by atoms with Crippen LogP contribution >= 0.6 is 0 Å². The van der Waals surface area contributed by atoms with Gasteiger partial charge in [0, 0.05) is 6.08 Å². The van der Waals surface area contributed by atoms with E-state index in [0.717, 1.165) is 6.08 Å². The second-order valence-corrected chi connectivity index (χ2v) is 8.27. The summed E-state index contributed by atoms with van der Waals surface area (Å²) >= 11 is 0. The lowest BCUT2D eigenvalue weighted by Crippen LogP contribution is -2.62. The molecule has 2 fully saturated rings. The largest absolute Gasteiger partial charge is 0.504 e. The molecule has 1 aromatic rings. The molecule has 14 heteroatoms. The number of hydrogen-bond donors (Lipinski definition) is 8. The number of methoxy groups -OCH3 is 1. The van der Waals surface area contributed by atoms with Crippen LogP contribution in [0.15, 0.2) is 24.3 Å². The van der Waals surface area contributed by atoms with Crippen LogP contribution in [-0.4, -0.2) is 129 Å². The van der Waals surface area contributed by atoms with E-state index >= 15 is 0 Å². The van der Waals surface area contributed by atoms with Crippen molar-refractivity contribution in [2.45, 2.75) is 54.8 Å². The molecule has 2 heterocycles. The fraction of sp³-hybridized carbons (Fsp3) is 0.591. The minimum atomic E-state index is -2.36. The van der Waals surface area contributed by atoms with Crippen molar-refractivity contribution < 1.29 is 69.3 Å². The number of carbonyl (C=O) groups excluding carboxylic acids is 1. The molecule has 14 nitrogen and oxygen atoms in total. The van der Waals surface area contributed by atoms with Gasteiger partial charge in [0.2, 0.25) is 5.79 Å². The van der Waals surface area contributed by atoms with Gasteiger partial charge in [0.05, 0.1) is 13.7 Å². The second-order valence-electron chi connectivity index (χ2n) is 8.27. The number of phenols is 1. The number of esters is 1. The number of carbonyl (C=O) groups is 1. The molecular formula is C22H30O14. The zero-order valence-electron chi connectivity index (χ0n) is 19.2. The Balaban J connectivity index is 1.63. The molecule has 3 rings (SSSR count). The van der Waals surface area contributed by atoms with Crippen LogP contribution in [0.25, 0.3) is 6.08 Å². The van der Waals surface area contributed by atoms with Crippen molar-refractivity contribution in [2.75, 3.05) is 26.9 Å². The van der Waals surface area contributed by atoms with Crippen molar-refractivity contribution in [3.63, 3.8) is 0 Å². The van der Waals surface area contributed by atoms with Crippen molar-refractivity contribution in [1.82, 2.24) is 0 Å². The Morgan fingerprint density at radius 2 is 1.78 bits per heavy atom. The minimum Gasteiger partial charge on any atom is -0.504 e. The molecule has 0 bridgehead atoms. The Kier molecular flexibility index (Phi) is 9.23. The lowest BCUT2D eigenvalue weighted by molar-refractivity contribution is -0.383. The van der Waals surface area contributed by atoms with Crippen molar-refractivity contribution in [3.8, 4) is 11.5 Å². The first-order valence-electron chi connectivity index (χ1n) is 10.9. The van der Waals surface area contributed by atoms with E-state index in [4.69, 9.17) is 23.7 Å². The first kappa shape index (κ1) is 28.2. The van der Waals surface area contributed by atoms with E-state index in [1.165, 1.54) is 31.4 Å². The lowest BCUT2D eigenvalue weighted by atomic mass is 9.99. The smallest absolute Gasteiger partial charge is 0.330 e. The van der Waals surface area contributed by atoms with E-state index in [1.54, 1.807) is 0 Å². The summed E-state index contributed by atoms with van der Waals surface area (Å²) in [5, 5.41) is 79.6. The van der Waals surface area contributed by atoms with Crippen LogP contribution in [0, 0.1) is 0 Å². The van der Waals surface area contributed by atoms with Crippen LogP contribution in [-0.2, 0) is 23.7 Å². The van der Waals surface area contributed by atoms with Gasteiger partial charge in [-0.25, -0.2) is 4.79 Å². The average Bonchev–Trinajstić information content (AvgIpc) is 3.12. The molecule has 2 aliphatic heterocycles. The van der Waals surface area contributed by atoms with Gasteiger partial charge < -0.3 is 64.5 Å². The predicted molar refractivity (Wildman–Crippen MR) is 116 cm³/mol. The number of rotatable bonds is 9. The third-order valence-corrected chi connectivity index (χ3v) is 5.90. The van der Waals surface area contributed by atoms with Gasteiger partial charge in [-0.2, -0.15) is 0 Å². The summed E-state index contributed by atoms with van der Waals surface area (Å²) < 4.78 is 26.0. The van der Waals surface area contributed by atoms with Gasteiger partial charge in [0.1, 0.15) is 55.9 Å². The van der Waals surface area contributed by atoms with Crippen molar-refractivity contribution in [2.24, 2.45) is 0 Å². The fourth-order valence-electron chi connectivity index (χ4n) is 3.79.